The van der Waals surface area contributed by atoms with E-state index in [2.05, 4.69) is 5.16 Å². The van der Waals surface area contributed by atoms with E-state index in [9.17, 15) is 9.59 Å². The van der Waals surface area contributed by atoms with Crippen LogP contribution in [-0.2, 0) is 14.4 Å². The van der Waals surface area contributed by atoms with E-state index >= 15 is 0 Å². The van der Waals surface area contributed by atoms with Gasteiger partial charge in [0.1, 0.15) is 11.6 Å². The van der Waals surface area contributed by atoms with Crippen LogP contribution < -0.4 is 14.4 Å². The Labute approximate surface area is 170 Å². The second-order valence-electron chi connectivity index (χ2n) is 6.16. The number of halogens is 2. The fraction of sp³-hybridized carbons (Fsp3) is 0.211. The third kappa shape index (κ3) is 2.78. The van der Waals surface area contributed by atoms with Gasteiger partial charge in [0, 0.05) is 10.6 Å². The van der Waals surface area contributed by atoms with Crippen LogP contribution in [0, 0.1) is 5.92 Å². The molecule has 2 unspecified atom stereocenters. The summed E-state index contributed by atoms with van der Waals surface area (Å²) in [6, 6.07) is 9.65. The molecule has 0 saturated carbocycles. The Morgan fingerprint density at radius 1 is 1.00 bits per heavy atom. The minimum absolute atomic E-state index is 0.193. The zero-order valence-electron chi connectivity index (χ0n) is 14.8. The molecule has 0 aromatic heterocycles. The fourth-order valence-corrected chi connectivity index (χ4v) is 3.80. The van der Waals surface area contributed by atoms with Gasteiger partial charge in [0.25, 0.3) is 5.91 Å². The van der Waals surface area contributed by atoms with Gasteiger partial charge >= 0.3 is 0 Å². The second-order valence-corrected chi connectivity index (χ2v) is 7.00. The largest absolute Gasteiger partial charge is 0.493 e. The molecule has 4 rings (SSSR count). The Hall–Kier alpha value is -2.77. The summed E-state index contributed by atoms with van der Waals surface area (Å²) in [6.45, 7) is 0. The number of carbonyl (C=O) groups is 2. The highest BCUT2D eigenvalue weighted by Crippen LogP contribution is 2.39. The molecule has 2 aliphatic heterocycles. The molecule has 28 heavy (non-hydrogen) atoms. The number of imide groups is 1. The molecule has 2 amide bonds. The lowest BCUT2D eigenvalue weighted by atomic mass is 9.94. The number of hydrogen-bond donors (Lipinski definition) is 0. The van der Waals surface area contributed by atoms with Gasteiger partial charge in [-0.3, -0.25) is 9.59 Å². The quantitative estimate of drug-likeness (QED) is 0.709. The highest BCUT2D eigenvalue weighted by atomic mass is 35.5. The van der Waals surface area contributed by atoms with E-state index in [-0.39, 0.29) is 10.7 Å². The lowest BCUT2D eigenvalue weighted by Crippen LogP contribution is -2.33. The lowest BCUT2D eigenvalue weighted by Gasteiger charge is -2.17. The van der Waals surface area contributed by atoms with E-state index in [0.717, 1.165) is 4.90 Å². The normalized spacial score (nSPS) is 20.7. The molecule has 144 valence electrons. The molecular formula is C19H14Cl2N2O5. The van der Waals surface area contributed by atoms with Crippen LogP contribution in [-0.4, -0.2) is 37.8 Å². The second kappa shape index (κ2) is 7.00. The predicted molar refractivity (Wildman–Crippen MR) is 103 cm³/mol. The Bertz CT molecular complexity index is 1020. The topological polar surface area (TPSA) is 77.4 Å². The van der Waals surface area contributed by atoms with Gasteiger partial charge in [-0.15, -0.1) is 0 Å². The molecule has 2 aromatic carbocycles. The van der Waals surface area contributed by atoms with Crippen molar-refractivity contribution in [1.82, 2.24) is 0 Å². The number of amides is 2. The predicted octanol–water partition coefficient (Wildman–Crippen LogP) is 3.30. The number of ether oxygens (including phenoxy) is 2. The van der Waals surface area contributed by atoms with Gasteiger partial charge in [-0.05, 0) is 36.4 Å². The zero-order chi connectivity index (χ0) is 20.0. The fourth-order valence-electron chi connectivity index (χ4n) is 3.31. The molecule has 0 spiro atoms. The van der Waals surface area contributed by atoms with Crippen molar-refractivity contribution in [2.24, 2.45) is 11.1 Å². The smallest absolute Gasteiger partial charge is 0.279 e. The number of oxime groups is 1. The van der Waals surface area contributed by atoms with Crippen LogP contribution in [0.1, 0.15) is 5.56 Å². The minimum Gasteiger partial charge on any atom is -0.493 e. The number of fused-ring (bicyclic) bond motifs is 1. The van der Waals surface area contributed by atoms with Gasteiger partial charge < -0.3 is 14.3 Å². The van der Waals surface area contributed by atoms with Crippen molar-refractivity contribution < 1.29 is 23.9 Å². The van der Waals surface area contributed by atoms with E-state index in [1.807, 2.05) is 0 Å². The van der Waals surface area contributed by atoms with Gasteiger partial charge in [-0.1, -0.05) is 28.4 Å². The average Bonchev–Trinajstić information content (AvgIpc) is 3.22. The van der Waals surface area contributed by atoms with E-state index in [1.54, 1.807) is 24.3 Å². The van der Waals surface area contributed by atoms with Crippen molar-refractivity contribution in [3.8, 4) is 11.5 Å². The molecule has 7 nitrogen and oxygen atoms in total. The first-order valence-electron chi connectivity index (χ1n) is 8.25. The molecule has 0 bridgehead atoms. The van der Waals surface area contributed by atoms with Crippen molar-refractivity contribution in [2.75, 3.05) is 19.1 Å². The van der Waals surface area contributed by atoms with Crippen molar-refractivity contribution in [3.05, 3.63) is 52.0 Å². The molecule has 1 saturated heterocycles. The number of benzene rings is 2. The zero-order valence-corrected chi connectivity index (χ0v) is 16.3. The van der Waals surface area contributed by atoms with Gasteiger partial charge in [-0.2, -0.15) is 0 Å². The number of hydrogen-bond acceptors (Lipinski definition) is 6. The van der Waals surface area contributed by atoms with Crippen molar-refractivity contribution in [3.63, 3.8) is 0 Å². The Morgan fingerprint density at radius 3 is 2.43 bits per heavy atom. The highest BCUT2D eigenvalue weighted by molar-refractivity contribution is 6.40. The van der Waals surface area contributed by atoms with E-state index in [4.69, 9.17) is 37.5 Å². The summed E-state index contributed by atoms with van der Waals surface area (Å²) in [5.74, 6) is -0.868. The molecule has 2 heterocycles. The maximum atomic E-state index is 13.1. The number of methoxy groups -OCH3 is 2. The van der Waals surface area contributed by atoms with Crippen LogP contribution in [0.3, 0.4) is 0 Å². The van der Waals surface area contributed by atoms with E-state index in [1.165, 1.54) is 26.4 Å². The molecule has 0 aliphatic carbocycles. The van der Waals surface area contributed by atoms with E-state index in [0.29, 0.717) is 27.8 Å². The van der Waals surface area contributed by atoms with Gasteiger partial charge in [0.05, 0.1) is 24.9 Å². The van der Waals surface area contributed by atoms with Crippen molar-refractivity contribution >= 4 is 46.4 Å². The Balaban J connectivity index is 1.71. The molecule has 2 aliphatic rings. The monoisotopic (exact) mass is 420 g/mol. The summed E-state index contributed by atoms with van der Waals surface area (Å²) in [4.78, 5) is 32.2. The van der Waals surface area contributed by atoms with Gasteiger partial charge in [-0.25, -0.2) is 4.90 Å². The Kier molecular flexibility index (Phi) is 4.64. The Morgan fingerprint density at radius 2 is 1.75 bits per heavy atom. The molecular weight excluding hydrogens is 407 g/mol. The van der Waals surface area contributed by atoms with Crippen molar-refractivity contribution in [1.29, 1.82) is 0 Å². The summed E-state index contributed by atoms with van der Waals surface area (Å²) in [5.41, 5.74) is 1.19. The van der Waals surface area contributed by atoms with Gasteiger partial charge in [0.15, 0.2) is 11.5 Å². The molecule has 1 fully saturated rings. The molecule has 0 N–H and O–H groups in total. The first-order chi connectivity index (χ1) is 13.5. The van der Waals surface area contributed by atoms with E-state index < -0.39 is 23.8 Å². The number of nitrogens with zero attached hydrogens (tertiary/aromatic N) is 2. The average molecular weight is 421 g/mol. The maximum Gasteiger partial charge on any atom is 0.279 e. The summed E-state index contributed by atoms with van der Waals surface area (Å²) < 4.78 is 10.5. The molecule has 2 aromatic rings. The first-order valence-corrected chi connectivity index (χ1v) is 9.01. The third-order valence-corrected chi connectivity index (χ3v) is 5.18. The molecule has 2 atom stereocenters. The van der Waals surface area contributed by atoms with Crippen LogP contribution >= 0.6 is 23.2 Å². The number of rotatable bonds is 4. The summed E-state index contributed by atoms with van der Waals surface area (Å²) in [7, 11) is 3.03. The molecule has 0 radical (unpaired) electrons. The lowest BCUT2D eigenvalue weighted by molar-refractivity contribution is -0.126. The van der Waals surface area contributed by atoms with Crippen molar-refractivity contribution in [2.45, 2.75) is 6.10 Å². The maximum absolute atomic E-state index is 13.1. The van der Waals surface area contributed by atoms with Gasteiger partial charge in [0.2, 0.25) is 12.0 Å². The van der Waals surface area contributed by atoms with Crippen LogP contribution in [0.5, 0.6) is 11.5 Å². The number of carbonyl (C=O) groups excluding carboxylic acids is 2. The molecule has 9 heteroatoms. The third-order valence-electron chi connectivity index (χ3n) is 4.64. The summed E-state index contributed by atoms with van der Waals surface area (Å²) in [6.07, 6.45) is -1.04. The summed E-state index contributed by atoms with van der Waals surface area (Å²) >= 11 is 12.1. The summed E-state index contributed by atoms with van der Waals surface area (Å²) in [5, 5.41) is 4.58. The van der Waals surface area contributed by atoms with Crippen LogP contribution in [0.2, 0.25) is 10.0 Å². The van der Waals surface area contributed by atoms with Crippen LogP contribution in [0.4, 0.5) is 5.69 Å². The van der Waals surface area contributed by atoms with Crippen LogP contribution in [0.15, 0.2) is 41.6 Å². The standard InChI is InChI=1S/C19H14Cl2N2O5/c1-26-13-6-3-9(7-14(13)27-2)16-15-17(28-22-16)19(25)23(18(15)24)12-5-4-10(20)8-11(12)21/h3-8,15,17H,1-2H3. The van der Waals surface area contributed by atoms with Crippen LogP contribution in [0.25, 0.3) is 0 Å². The first kappa shape index (κ1) is 18.6. The minimum atomic E-state index is -1.04. The highest BCUT2D eigenvalue weighted by Gasteiger charge is 2.56. The SMILES string of the molecule is COc1ccc(C2=NOC3C(=O)N(c4ccc(Cl)cc4Cl)C(=O)C23)cc1OC. The number of anilines is 1.